The van der Waals surface area contributed by atoms with Crippen LogP contribution in [0, 0.1) is 11.3 Å². The van der Waals surface area contributed by atoms with Crippen molar-refractivity contribution in [1.82, 2.24) is 9.80 Å². The van der Waals surface area contributed by atoms with Gasteiger partial charge in [0.2, 0.25) is 0 Å². The standard InChI is InChI=1S/C21H30N2O2/c1-20(2)14-23(15-20)21(3,17-7-5-4-6-8-17)19(24)25-18-13-22-11-9-16(18)10-12-22/h4-8,16,18H,9-15H2,1-3H3. The van der Waals surface area contributed by atoms with E-state index in [9.17, 15) is 4.79 Å². The lowest BCUT2D eigenvalue weighted by molar-refractivity contribution is -0.181. The third-order valence-electron chi connectivity index (χ3n) is 6.46. The smallest absolute Gasteiger partial charge is 0.331 e. The Morgan fingerprint density at radius 3 is 2.32 bits per heavy atom. The summed E-state index contributed by atoms with van der Waals surface area (Å²) in [5.41, 5.74) is 0.617. The third-order valence-corrected chi connectivity index (χ3v) is 6.46. The van der Waals surface area contributed by atoms with Crippen LogP contribution in [0.4, 0.5) is 0 Å². The molecule has 4 aliphatic heterocycles. The van der Waals surface area contributed by atoms with Gasteiger partial charge in [-0.1, -0.05) is 44.2 Å². The molecule has 0 amide bonds. The maximum atomic E-state index is 13.4. The zero-order valence-electron chi connectivity index (χ0n) is 15.7. The Bertz CT molecular complexity index is 629. The molecule has 2 unspecified atom stereocenters. The molecule has 4 nitrogen and oxygen atoms in total. The van der Waals surface area contributed by atoms with Crippen LogP contribution in [0.15, 0.2) is 30.3 Å². The molecule has 4 fully saturated rings. The minimum atomic E-state index is -0.692. The van der Waals surface area contributed by atoms with Crippen LogP contribution < -0.4 is 0 Å². The molecule has 0 radical (unpaired) electrons. The summed E-state index contributed by atoms with van der Waals surface area (Å²) in [6, 6.07) is 10.1. The summed E-state index contributed by atoms with van der Waals surface area (Å²) >= 11 is 0. The number of ether oxygens (including phenoxy) is 1. The van der Waals surface area contributed by atoms with Gasteiger partial charge < -0.3 is 4.74 Å². The number of rotatable bonds is 4. The van der Waals surface area contributed by atoms with E-state index in [1.54, 1.807) is 0 Å². The van der Waals surface area contributed by atoms with Gasteiger partial charge in [0.1, 0.15) is 11.6 Å². The Morgan fingerprint density at radius 2 is 1.80 bits per heavy atom. The van der Waals surface area contributed by atoms with E-state index < -0.39 is 5.54 Å². The number of piperidine rings is 3. The maximum Gasteiger partial charge on any atom is 0.331 e. The lowest BCUT2D eigenvalue weighted by atomic mass is 9.77. The van der Waals surface area contributed by atoms with Gasteiger partial charge in [-0.25, -0.2) is 4.79 Å². The summed E-state index contributed by atoms with van der Waals surface area (Å²) in [7, 11) is 0. The van der Waals surface area contributed by atoms with E-state index in [0.29, 0.717) is 5.92 Å². The number of esters is 1. The fraction of sp³-hybridized carbons (Fsp3) is 0.667. The van der Waals surface area contributed by atoms with Gasteiger partial charge in [0.25, 0.3) is 0 Å². The maximum absolute atomic E-state index is 13.4. The Labute approximate surface area is 151 Å². The average Bonchev–Trinajstić information content (AvgIpc) is 2.60. The van der Waals surface area contributed by atoms with Gasteiger partial charge in [-0.2, -0.15) is 0 Å². The molecule has 4 heteroatoms. The van der Waals surface area contributed by atoms with Gasteiger partial charge in [0, 0.05) is 19.6 Å². The first-order valence-corrected chi connectivity index (χ1v) is 9.62. The van der Waals surface area contributed by atoms with Gasteiger partial charge in [-0.05, 0) is 49.8 Å². The highest BCUT2D eigenvalue weighted by Crippen LogP contribution is 2.41. The van der Waals surface area contributed by atoms with Crippen LogP contribution in [-0.4, -0.2) is 54.6 Å². The number of fused-ring (bicyclic) bond motifs is 3. The quantitative estimate of drug-likeness (QED) is 0.788. The van der Waals surface area contributed by atoms with Crippen LogP contribution in [0.2, 0.25) is 0 Å². The van der Waals surface area contributed by atoms with Gasteiger partial charge in [-0.3, -0.25) is 9.80 Å². The second-order valence-corrected chi connectivity index (χ2v) is 9.04. The molecule has 4 heterocycles. The number of carbonyl (C=O) groups is 1. The van der Waals surface area contributed by atoms with Crippen molar-refractivity contribution in [2.24, 2.45) is 11.3 Å². The first-order valence-electron chi connectivity index (χ1n) is 9.62. The first-order chi connectivity index (χ1) is 11.9. The van der Waals surface area contributed by atoms with Gasteiger partial charge in [0.15, 0.2) is 0 Å². The summed E-state index contributed by atoms with van der Waals surface area (Å²) in [5.74, 6) is 0.467. The zero-order chi connectivity index (χ0) is 17.7. The van der Waals surface area contributed by atoms with E-state index in [0.717, 1.165) is 51.1 Å². The fourth-order valence-corrected chi connectivity index (χ4v) is 4.79. The van der Waals surface area contributed by atoms with Crippen LogP contribution in [0.1, 0.15) is 39.2 Å². The molecule has 1 aromatic rings. The molecule has 2 atom stereocenters. The van der Waals surface area contributed by atoms with E-state index in [1.807, 2.05) is 25.1 Å². The van der Waals surface area contributed by atoms with E-state index in [2.05, 4.69) is 35.8 Å². The average molecular weight is 342 g/mol. The minimum Gasteiger partial charge on any atom is -0.459 e. The Kier molecular flexibility index (Phi) is 4.16. The lowest BCUT2D eigenvalue weighted by Gasteiger charge is -2.54. The van der Waals surface area contributed by atoms with Crippen molar-refractivity contribution < 1.29 is 9.53 Å². The summed E-state index contributed by atoms with van der Waals surface area (Å²) in [4.78, 5) is 18.1. The Morgan fingerprint density at radius 1 is 1.16 bits per heavy atom. The van der Waals surface area contributed by atoms with Crippen molar-refractivity contribution in [2.75, 3.05) is 32.7 Å². The van der Waals surface area contributed by atoms with Crippen molar-refractivity contribution in [1.29, 1.82) is 0 Å². The van der Waals surface area contributed by atoms with Crippen LogP contribution >= 0.6 is 0 Å². The fourth-order valence-electron chi connectivity index (χ4n) is 4.79. The molecule has 0 saturated carbocycles. The van der Waals surface area contributed by atoms with Gasteiger partial charge in [0.05, 0.1) is 0 Å². The lowest BCUT2D eigenvalue weighted by Crippen LogP contribution is -2.64. The molecule has 1 aromatic carbocycles. The Hall–Kier alpha value is -1.39. The van der Waals surface area contributed by atoms with Crippen LogP contribution in [0.3, 0.4) is 0 Å². The summed E-state index contributed by atoms with van der Waals surface area (Å²) in [6.45, 7) is 11.6. The first kappa shape index (κ1) is 17.0. The molecular weight excluding hydrogens is 312 g/mol. The number of hydrogen-bond acceptors (Lipinski definition) is 4. The van der Waals surface area contributed by atoms with E-state index >= 15 is 0 Å². The predicted octanol–water partition coefficient (Wildman–Crippen LogP) is 2.88. The second-order valence-electron chi connectivity index (χ2n) is 9.04. The topological polar surface area (TPSA) is 32.8 Å². The number of nitrogens with zero attached hydrogens (tertiary/aromatic N) is 2. The molecule has 0 aromatic heterocycles. The highest BCUT2D eigenvalue weighted by atomic mass is 16.5. The predicted molar refractivity (Wildman–Crippen MR) is 98.2 cm³/mol. The van der Waals surface area contributed by atoms with Crippen molar-refractivity contribution in [2.45, 2.75) is 45.3 Å². The number of carbonyl (C=O) groups excluding carboxylic acids is 1. The third kappa shape index (κ3) is 3.00. The Balaban J connectivity index is 1.56. The zero-order valence-corrected chi connectivity index (χ0v) is 15.7. The number of likely N-dealkylation sites (tertiary alicyclic amines) is 1. The number of benzene rings is 1. The molecule has 4 aliphatic rings. The largest absolute Gasteiger partial charge is 0.459 e. The minimum absolute atomic E-state index is 0.0623. The van der Waals surface area contributed by atoms with Crippen molar-refractivity contribution in [3.63, 3.8) is 0 Å². The van der Waals surface area contributed by atoms with Crippen molar-refractivity contribution in [3.05, 3.63) is 35.9 Å². The van der Waals surface area contributed by atoms with Crippen molar-refractivity contribution >= 4 is 5.97 Å². The highest BCUT2D eigenvalue weighted by Gasteiger charge is 2.51. The molecular formula is C21H30N2O2. The molecule has 0 spiro atoms. The van der Waals surface area contributed by atoms with Crippen LogP contribution in [0.25, 0.3) is 0 Å². The summed E-state index contributed by atoms with van der Waals surface area (Å²) < 4.78 is 6.15. The molecule has 25 heavy (non-hydrogen) atoms. The number of hydrogen-bond donors (Lipinski definition) is 0. The molecule has 2 bridgehead atoms. The van der Waals surface area contributed by atoms with E-state index in [-0.39, 0.29) is 17.5 Å². The van der Waals surface area contributed by atoms with E-state index in [4.69, 9.17) is 4.74 Å². The summed E-state index contributed by atoms with van der Waals surface area (Å²) in [6.07, 6.45) is 2.39. The highest BCUT2D eigenvalue weighted by molar-refractivity contribution is 5.82. The summed E-state index contributed by atoms with van der Waals surface area (Å²) in [5, 5.41) is 0. The van der Waals surface area contributed by atoms with Crippen molar-refractivity contribution in [3.8, 4) is 0 Å². The molecule has 0 aliphatic carbocycles. The normalized spacial score (nSPS) is 33.3. The van der Waals surface area contributed by atoms with Gasteiger partial charge >= 0.3 is 5.97 Å². The van der Waals surface area contributed by atoms with Crippen LogP contribution in [-0.2, 0) is 15.1 Å². The second kappa shape index (κ2) is 6.10. The SMILES string of the molecule is CC1(C)CN(C(C)(C(=O)OC2CN3CCC2CC3)c2ccccc2)C1. The van der Waals surface area contributed by atoms with Gasteiger partial charge in [-0.15, -0.1) is 0 Å². The molecule has 0 N–H and O–H groups in total. The molecule has 136 valence electrons. The monoisotopic (exact) mass is 342 g/mol. The molecule has 4 saturated heterocycles. The molecule has 5 rings (SSSR count). The van der Waals surface area contributed by atoms with E-state index in [1.165, 1.54) is 0 Å². The van der Waals surface area contributed by atoms with Crippen LogP contribution in [0.5, 0.6) is 0 Å².